The van der Waals surface area contributed by atoms with E-state index >= 15 is 0 Å². The first kappa shape index (κ1) is 14.7. The van der Waals surface area contributed by atoms with Gasteiger partial charge in [0.15, 0.2) is 0 Å². The van der Waals surface area contributed by atoms with Gasteiger partial charge in [-0.3, -0.25) is 0 Å². The highest BCUT2D eigenvalue weighted by molar-refractivity contribution is 9.10. The maximum atomic E-state index is 6.06. The van der Waals surface area contributed by atoms with Crippen molar-refractivity contribution in [3.05, 3.63) is 45.4 Å². The van der Waals surface area contributed by atoms with Crippen LogP contribution in [0.3, 0.4) is 0 Å². The van der Waals surface area contributed by atoms with Crippen LogP contribution in [-0.2, 0) is 0 Å². The zero-order valence-corrected chi connectivity index (χ0v) is 12.7. The van der Waals surface area contributed by atoms with Crippen LogP contribution in [-0.4, -0.2) is 6.54 Å². The Kier molecular flexibility index (Phi) is 6.24. The van der Waals surface area contributed by atoms with E-state index in [-0.39, 0.29) is 6.04 Å². The van der Waals surface area contributed by atoms with E-state index in [9.17, 15) is 0 Å². The second-order valence-corrected chi connectivity index (χ2v) is 5.37. The lowest BCUT2D eigenvalue weighted by atomic mass is 9.98. The Bertz CT molecular complexity index is 390. The molecular weight excluding hydrogens is 298 g/mol. The largest absolute Gasteiger partial charge is 0.310 e. The van der Waals surface area contributed by atoms with Gasteiger partial charge in [0.25, 0.3) is 0 Å². The van der Waals surface area contributed by atoms with Crippen LogP contribution >= 0.6 is 27.5 Å². The van der Waals surface area contributed by atoms with Crippen LogP contribution in [0, 0.1) is 0 Å². The average molecular weight is 317 g/mol. The molecule has 0 spiro atoms. The van der Waals surface area contributed by atoms with Crippen molar-refractivity contribution in [1.82, 2.24) is 5.32 Å². The monoisotopic (exact) mass is 315 g/mol. The summed E-state index contributed by atoms with van der Waals surface area (Å²) in [6, 6.07) is 6.19. The lowest BCUT2D eigenvalue weighted by molar-refractivity contribution is 0.541. The van der Waals surface area contributed by atoms with E-state index < -0.39 is 0 Å². The number of halogens is 2. The fourth-order valence-electron chi connectivity index (χ4n) is 1.75. The topological polar surface area (TPSA) is 12.0 Å². The van der Waals surface area contributed by atoms with Crippen LogP contribution in [0.5, 0.6) is 0 Å². The van der Waals surface area contributed by atoms with Gasteiger partial charge >= 0.3 is 0 Å². The molecule has 0 amide bonds. The summed E-state index contributed by atoms with van der Waals surface area (Å²) >= 11 is 9.65. The molecule has 0 radical (unpaired) electrons. The fourth-order valence-corrected chi connectivity index (χ4v) is 2.46. The van der Waals surface area contributed by atoms with E-state index in [4.69, 9.17) is 11.6 Å². The smallest absolute Gasteiger partial charge is 0.0410 e. The van der Waals surface area contributed by atoms with Crippen LogP contribution < -0.4 is 5.32 Å². The first-order chi connectivity index (χ1) is 8.08. The maximum Gasteiger partial charge on any atom is 0.0410 e. The van der Waals surface area contributed by atoms with E-state index in [1.807, 2.05) is 18.2 Å². The van der Waals surface area contributed by atoms with Gasteiger partial charge in [-0.05, 0) is 43.1 Å². The van der Waals surface area contributed by atoms with E-state index in [0.29, 0.717) is 0 Å². The van der Waals surface area contributed by atoms with E-state index in [2.05, 4.69) is 41.7 Å². The molecule has 0 saturated heterocycles. The number of hydrogen-bond acceptors (Lipinski definition) is 1. The van der Waals surface area contributed by atoms with Gasteiger partial charge in [-0.15, -0.1) is 0 Å². The summed E-state index contributed by atoms with van der Waals surface area (Å²) in [7, 11) is 0. The molecule has 1 aromatic rings. The SMILES string of the molecule is C=C(CC)CC(NCC)c1cc(Cl)ccc1Br. The van der Waals surface area contributed by atoms with Gasteiger partial charge in [0.05, 0.1) is 0 Å². The third kappa shape index (κ3) is 4.46. The highest BCUT2D eigenvalue weighted by atomic mass is 79.9. The van der Waals surface area contributed by atoms with E-state index in [0.717, 1.165) is 28.9 Å². The summed E-state index contributed by atoms with van der Waals surface area (Å²) in [6.07, 6.45) is 1.96. The second-order valence-electron chi connectivity index (χ2n) is 4.08. The van der Waals surface area contributed by atoms with Crippen LogP contribution in [0.2, 0.25) is 5.02 Å². The van der Waals surface area contributed by atoms with Crippen molar-refractivity contribution in [2.45, 2.75) is 32.7 Å². The zero-order chi connectivity index (χ0) is 12.8. The summed E-state index contributed by atoms with van der Waals surface area (Å²) < 4.78 is 1.09. The van der Waals surface area contributed by atoms with Gasteiger partial charge in [-0.25, -0.2) is 0 Å². The number of nitrogens with one attached hydrogen (secondary N) is 1. The Morgan fingerprint density at radius 1 is 1.47 bits per heavy atom. The summed E-state index contributed by atoms with van der Waals surface area (Å²) in [5.41, 5.74) is 2.46. The fraction of sp³-hybridized carbons (Fsp3) is 0.429. The zero-order valence-electron chi connectivity index (χ0n) is 10.4. The molecule has 0 aliphatic heterocycles. The number of rotatable bonds is 6. The van der Waals surface area contributed by atoms with Gasteiger partial charge in [0.2, 0.25) is 0 Å². The van der Waals surface area contributed by atoms with Crippen LogP contribution in [0.1, 0.15) is 38.3 Å². The molecule has 1 unspecified atom stereocenters. The maximum absolute atomic E-state index is 6.06. The molecule has 0 heterocycles. The predicted molar refractivity (Wildman–Crippen MR) is 79.6 cm³/mol. The molecule has 0 aliphatic rings. The van der Waals surface area contributed by atoms with Crippen molar-refractivity contribution < 1.29 is 0 Å². The van der Waals surface area contributed by atoms with Gasteiger partial charge in [-0.2, -0.15) is 0 Å². The Hall–Kier alpha value is -0.310. The second kappa shape index (κ2) is 7.20. The molecule has 1 rings (SSSR count). The Balaban J connectivity index is 2.95. The van der Waals surface area contributed by atoms with Gasteiger partial charge in [0.1, 0.15) is 0 Å². The highest BCUT2D eigenvalue weighted by Gasteiger charge is 2.14. The average Bonchev–Trinajstić information content (AvgIpc) is 2.31. The van der Waals surface area contributed by atoms with E-state index in [1.165, 1.54) is 11.1 Å². The van der Waals surface area contributed by atoms with Crippen LogP contribution in [0.15, 0.2) is 34.8 Å². The van der Waals surface area contributed by atoms with Gasteiger partial charge in [-0.1, -0.05) is 53.5 Å². The molecule has 17 heavy (non-hydrogen) atoms. The lowest BCUT2D eigenvalue weighted by Crippen LogP contribution is -2.21. The molecule has 0 bridgehead atoms. The van der Waals surface area contributed by atoms with Gasteiger partial charge in [0, 0.05) is 15.5 Å². The van der Waals surface area contributed by atoms with Crippen molar-refractivity contribution in [2.24, 2.45) is 0 Å². The minimum absolute atomic E-state index is 0.278. The van der Waals surface area contributed by atoms with Crippen molar-refractivity contribution in [3.63, 3.8) is 0 Å². The third-order valence-electron chi connectivity index (χ3n) is 2.78. The minimum atomic E-state index is 0.278. The molecular formula is C14H19BrClN. The molecule has 94 valence electrons. The quantitative estimate of drug-likeness (QED) is 0.719. The van der Waals surface area contributed by atoms with Gasteiger partial charge < -0.3 is 5.32 Å². The summed E-state index contributed by atoms with van der Waals surface area (Å²) in [6.45, 7) is 9.26. The van der Waals surface area contributed by atoms with Crippen LogP contribution in [0.25, 0.3) is 0 Å². The van der Waals surface area contributed by atoms with Crippen molar-refractivity contribution in [3.8, 4) is 0 Å². The highest BCUT2D eigenvalue weighted by Crippen LogP contribution is 2.30. The third-order valence-corrected chi connectivity index (χ3v) is 3.73. The molecule has 0 fully saturated rings. The standard InChI is InChI=1S/C14H19BrClN/c1-4-10(3)8-14(17-5-2)12-9-11(16)6-7-13(12)15/h6-7,9,14,17H,3-5,8H2,1-2H3. The molecule has 0 saturated carbocycles. The minimum Gasteiger partial charge on any atom is -0.310 e. The van der Waals surface area contributed by atoms with Crippen LogP contribution in [0.4, 0.5) is 0 Å². The summed E-state index contributed by atoms with van der Waals surface area (Å²) in [4.78, 5) is 0. The van der Waals surface area contributed by atoms with E-state index in [1.54, 1.807) is 0 Å². The first-order valence-corrected chi connectivity index (χ1v) is 7.10. The van der Waals surface area contributed by atoms with Crippen molar-refractivity contribution >= 4 is 27.5 Å². The molecule has 3 heteroatoms. The van der Waals surface area contributed by atoms with Crippen molar-refractivity contribution in [2.75, 3.05) is 6.54 Å². The molecule has 1 nitrogen and oxygen atoms in total. The molecule has 1 N–H and O–H groups in total. The number of benzene rings is 1. The first-order valence-electron chi connectivity index (χ1n) is 5.93. The number of hydrogen-bond donors (Lipinski definition) is 1. The molecule has 1 atom stereocenters. The molecule has 0 aromatic heterocycles. The Labute approximate surface area is 117 Å². The normalized spacial score (nSPS) is 12.5. The lowest BCUT2D eigenvalue weighted by Gasteiger charge is -2.20. The molecule has 0 aliphatic carbocycles. The summed E-state index contributed by atoms with van der Waals surface area (Å²) in [5.74, 6) is 0. The Morgan fingerprint density at radius 2 is 2.18 bits per heavy atom. The van der Waals surface area contributed by atoms with Crippen molar-refractivity contribution in [1.29, 1.82) is 0 Å². The summed E-state index contributed by atoms with van der Waals surface area (Å²) in [5, 5.41) is 4.25. The Morgan fingerprint density at radius 3 is 2.76 bits per heavy atom. The molecule has 1 aromatic carbocycles. The predicted octanol–water partition coefficient (Wildman–Crippen LogP) is 5.11.